The van der Waals surface area contributed by atoms with Gasteiger partial charge in [-0.2, -0.15) is 5.10 Å². The summed E-state index contributed by atoms with van der Waals surface area (Å²) in [7, 11) is 0. The van der Waals surface area contributed by atoms with E-state index in [2.05, 4.69) is 24.3 Å². The van der Waals surface area contributed by atoms with E-state index in [0.717, 1.165) is 17.8 Å². The molecule has 2 rings (SSSR count). The standard InChI is InChI=1S/C14H19N3O.ClH/c1-3-11(2)17-8-7-14(16-17)15-10-12-5-4-6-13(18)9-12;/h4-9,11,18H,3,10H2,1-2H3,(H,15,16);1H. The van der Waals surface area contributed by atoms with Gasteiger partial charge in [-0.1, -0.05) is 19.1 Å². The topological polar surface area (TPSA) is 50.1 Å². The third-order valence-corrected chi connectivity index (χ3v) is 3.03. The van der Waals surface area contributed by atoms with Crippen LogP contribution in [-0.4, -0.2) is 14.9 Å². The molecule has 0 fully saturated rings. The fourth-order valence-electron chi connectivity index (χ4n) is 1.72. The molecule has 0 aliphatic carbocycles. The highest BCUT2D eigenvalue weighted by atomic mass is 35.5. The number of phenolic OH excluding ortho intramolecular Hbond substituents is 1. The molecule has 0 saturated carbocycles. The highest BCUT2D eigenvalue weighted by molar-refractivity contribution is 5.85. The normalized spacial score (nSPS) is 11.7. The van der Waals surface area contributed by atoms with Crippen molar-refractivity contribution in [2.24, 2.45) is 0 Å². The second-order valence-corrected chi connectivity index (χ2v) is 4.46. The fourth-order valence-corrected chi connectivity index (χ4v) is 1.72. The number of hydrogen-bond donors (Lipinski definition) is 2. The molecule has 0 amide bonds. The molecule has 0 saturated heterocycles. The molecule has 1 unspecified atom stereocenters. The molecule has 1 aromatic heterocycles. The third kappa shape index (κ3) is 4.17. The van der Waals surface area contributed by atoms with E-state index < -0.39 is 0 Å². The average Bonchev–Trinajstić information content (AvgIpc) is 2.84. The molecule has 0 radical (unpaired) electrons. The van der Waals surface area contributed by atoms with Crippen molar-refractivity contribution in [2.45, 2.75) is 32.9 Å². The third-order valence-electron chi connectivity index (χ3n) is 3.03. The Balaban J connectivity index is 0.00000180. The van der Waals surface area contributed by atoms with E-state index in [0.29, 0.717) is 18.3 Å². The van der Waals surface area contributed by atoms with Gasteiger partial charge in [0.25, 0.3) is 0 Å². The van der Waals surface area contributed by atoms with Crippen LogP contribution < -0.4 is 5.32 Å². The zero-order chi connectivity index (χ0) is 13.0. The van der Waals surface area contributed by atoms with E-state index in [4.69, 9.17) is 0 Å². The predicted octanol–water partition coefficient (Wildman–Crippen LogP) is 3.59. The Kier molecular flexibility index (Phi) is 5.70. The van der Waals surface area contributed by atoms with Gasteiger partial charge in [-0.3, -0.25) is 4.68 Å². The number of nitrogens with one attached hydrogen (secondary N) is 1. The minimum atomic E-state index is 0. The molecule has 4 nitrogen and oxygen atoms in total. The molecule has 0 aliphatic rings. The summed E-state index contributed by atoms with van der Waals surface area (Å²) < 4.78 is 1.96. The summed E-state index contributed by atoms with van der Waals surface area (Å²) in [5.41, 5.74) is 1.04. The first-order valence-corrected chi connectivity index (χ1v) is 6.26. The second kappa shape index (κ2) is 7.04. The van der Waals surface area contributed by atoms with Crippen LogP contribution in [0.1, 0.15) is 31.9 Å². The number of halogens is 1. The number of hydrogen-bond acceptors (Lipinski definition) is 3. The molecule has 19 heavy (non-hydrogen) atoms. The first kappa shape index (κ1) is 15.4. The molecule has 0 bridgehead atoms. The van der Waals surface area contributed by atoms with Gasteiger partial charge in [0.05, 0.1) is 0 Å². The van der Waals surface area contributed by atoms with E-state index >= 15 is 0 Å². The lowest BCUT2D eigenvalue weighted by molar-refractivity contribution is 0.474. The van der Waals surface area contributed by atoms with Crippen molar-refractivity contribution in [1.29, 1.82) is 0 Å². The van der Waals surface area contributed by atoms with Crippen LogP contribution in [0, 0.1) is 0 Å². The molecule has 2 aromatic rings. The molecule has 5 heteroatoms. The van der Waals surface area contributed by atoms with Gasteiger partial charge in [-0.25, -0.2) is 0 Å². The Morgan fingerprint density at radius 1 is 1.37 bits per heavy atom. The Hall–Kier alpha value is -1.68. The molecule has 104 valence electrons. The molecule has 1 aromatic carbocycles. The SMILES string of the molecule is CCC(C)n1ccc(NCc2cccc(O)c2)n1.Cl. The van der Waals surface area contributed by atoms with E-state index in [-0.39, 0.29) is 12.4 Å². The maximum atomic E-state index is 9.37. The van der Waals surface area contributed by atoms with Gasteiger partial charge in [-0.05, 0) is 31.0 Å². The van der Waals surface area contributed by atoms with Crippen LogP contribution in [0.5, 0.6) is 5.75 Å². The highest BCUT2D eigenvalue weighted by Gasteiger charge is 2.04. The van der Waals surface area contributed by atoms with Crippen molar-refractivity contribution in [2.75, 3.05) is 5.32 Å². The van der Waals surface area contributed by atoms with Gasteiger partial charge in [0.2, 0.25) is 0 Å². The van der Waals surface area contributed by atoms with Crippen molar-refractivity contribution in [3.63, 3.8) is 0 Å². The maximum absolute atomic E-state index is 9.37. The van der Waals surface area contributed by atoms with Crippen LogP contribution in [-0.2, 0) is 6.54 Å². The largest absolute Gasteiger partial charge is 0.508 e. The Morgan fingerprint density at radius 3 is 2.84 bits per heavy atom. The van der Waals surface area contributed by atoms with Gasteiger partial charge in [-0.15, -0.1) is 12.4 Å². The summed E-state index contributed by atoms with van der Waals surface area (Å²) in [6.45, 7) is 4.95. The van der Waals surface area contributed by atoms with Crippen molar-refractivity contribution in [1.82, 2.24) is 9.78 Å². The summed E-state index contributed by atoms with van der Waals surface area (Å²) in [4.78, 5) is 0. The van der Waals surface area contributed by atoms with Crippen molar-refractivity contribution in [3.8, 4) is 5.75 Å². The van der Waals surface area contributed by atoms with Gasteiger partial charge in [0.1, 0.15) is 11.6 Å². The number of aromatic hydroxyl groups is 1. The number of benzene rings is 1. The molecule has 0 spiro atoms. The molecule has 1 heterocycles. The van der Waals surface area contributed by atoms with Crippen LogP contribution in [0.3, 0.4) is 0 Å². The molecular weight excluding hydrogens is 262 g/mol. The van der Waals surface area contributed by atoms with Crippen LogP contribution >= 0.6 is 12.4 Å². The summed E-state index contributed by atoms with van der Waals surface area (Å²) in [5, 5.41) is 17.1. The van der Waals surface area contributed by atoms with Gasteiger partial charge < -0.3 is 10.4 Å². The van der Waals surface area contributed by atoms with E-state index in [1.54, 1.807) is 12.1 Å². The van der Waals surface area contributed by atoms with Crippen LogP contribution in [0.15, 0.2) is 36.5 Å². The van der Waals surface area contributed by atoms with Crippen LogP contribution in [0.4, 0.5) is 5.82 Å². The van der Waals surface area contributed by atoms with Crippen LogP contribution in [0.2, 0.25) is 0 Å². The zero-order valence-electron chi connectivity index (χ0n) is 11.2. The zero-order valence-corrected chi connectivity index (χ0v) is 12.0. The molecule has 2 N–H and O–H groups in total. The minimum absolute atomic E-state index is 0. The van der Waals surface area contributed by atoms with Crippen molar-refractivity contribution in [3.05, 3.63) is 42.1 Å². The van der Waals surface area contributed by atoms with Crippen LogP contribution in [0.25, 0.3) is 0 Å². The summed E-state index contributed by atoms with van der Waals surface area (Å²) in [6, 6.07) is 9.61. The lowest BCUT2D eigenvalue weighted by Gasteiger charge is -2.08. The monoisotopic (exact) mass is 281 g/mol. The molecule has 0 aliphatic heterocycles. The van der Waals surface area contributed by atoms with Crippen molar-refractivity contribution < 1.29 is 5.11 Å². The first-order chi connectivity index (χ1) is 8.69. The first-order valence-electron chi connectivity index (χ1n) is 6.26. The number of anilines is 1. The number of rotatable bonds is 5. The Morgan fingerprint density at radius 2 is 2.16 bits per heavy atom. The lowest BCUT2D eigenvalue weighted by Crippen LogP contribution is -2.06. The Labute approximate surface area is 119 Å². The number of nitrogens with zero attached hydrogens (tertiary/aromatic N) is 2. The minimum Gasteiger partial charge on any atom is -0.508 e. The highest BCUT2D eigenvalue weighted by Crippen LogP contribution is 2.14. The summed E-state index contributed by atoms with van der Waals surface area (Å²) in [5.74, 6) is 1.15. The summed E-state index contributed by atoms with van der Waals surface area (Å²) in [6.07, 6.45) is 3.05. The van der Waals surface area contributed by atoms with Gasteiger partial charge >= 0.3 is 0 Å². The predicted molar refractivity (Wildman–Crippen MR) is 79.9 cm³/mol. The fraction of sp³-hybridized carbons (Fsp3) is 0.357. The smallest absolute Gasteiger partial charge is 0.148 e. The van der Waals surface area contributed by atoms with Gasteiger partial charge in [0, 0.05) is 24.8 Å². The second-order valence-electron chi connectivity index (χ2n) is 4.46. The lowest BCUT2D eigenvalue weighted by atomic mass is 10.2. The molecular formula is C14H20ClN3O. The average molecular weight is 282 g/mol. The van der Waals surface area contributed by atoms with E-state index in [9.17, 15) is 5.11 Å². The Bertz CT molecular complexity index is 513. The van der Waals surface area contributed by atoms with Crippen molar-refractivity contribution >= 4 is 18.2 Å². The maximum Gasteiger partial charge on any atom is 0.148 e. The number of phenols is 1. The summed E-state index contributed by atoms with van der Waals surface area (Å²) >= 11 is 0. The number of aromatic nitrogens is 2. The van der Waals surface area contributed by atoms with E-state index in [1.165, 1.54) is 0 Å². The quantitative estimate of drug-likeness (QED) is 0.880. The molecule has 1 atom stereocenters. The van der Waals surface area contributed by atoms with Gasteiger partial charge in [0.15, 0.2) is 0 Å². The van der Waals surface area contributed by atoms with E-state index in [1.807, 2.05) is 29.1 Å².